The molecule has 71 heavy (non-hydrogen) atoms. The van der Waals surface area contributed by atoms with E-state index in [0.717, 1.165) is 77.0 Å². The molecular weight excluding hydrogens is 987 g/mol. The van der Waals surface area contributed by atoms with Gasteiger partial charge in [0.15, 0.2) is 0 Å². The van der Waals surface area contributed by atoms with Crippen LogP contribution in [0.25, 0.3) is 0 Å². The van der Waals surface area contributed by atoms with E-state index in [-0.39, 0.29) is 54.5 Å². The summed E-state index contributed by atoms with van der Waals surface area (Å²) in [5.41, 5.74) is 0. The Morgan fingerprint density at radius 1 is 0.254 bits per heavy atom. The largest absolute Gasteiger partial charge is 3.00 e. The average Bonchev–Trinajstić information content (AvgIpc) is 3.29. The van der Waals surface area contributed by atoms with Crippen LogP contribution in [0.3, 0.4) is 0 Å². The molecule has 0 heterocycles. The maximum absolute atomic E-state index is 10.2. The van der Waals surface area contributed by atoms with Crippen molar-refractivity contribution < 1.29 is 56.6 Å². The Labute approximate surface area is 459 Å². The van der Waals surface area contributed by atoms with Gasteiger partial charge in [0.25, 0.3) is 0 Å². The van der Waals surface area contributed by atoms with Gasteiger partial charge in [0, 0.05) is 0 Å². The maximum atomic E-state index is 10.2. The first-order valence-electron chi connectivity index (χ1n) is 28.1. The molecule has 0 fully saturated rings. The van der Waals surface area contributed by atoms with E-state index in [9.17, 15) is 43.1 Å². The third kappa shape index (κ3) is 90.5. The van der Waals surface area contributed by atoms with Crippen LogP contribution in [-0.4, -0.2) is 54.5 Å². The van der Waals surface area contributed by atoms with Crippen molar-refractivity contribution in [1.29, 1.82) is 0 Å². The molecule has 0 radical (unpaired) electrons. The second kappa shape index (κ2) is 64.9. The van der Waals surface area contributed by atoms with Gasteiger partial charge in [-0.2, -0.15) is 0 Å². The second-order valence-corrected chi connectivity index (χ2v) is 22.1. The van der Waals surface area contributed by atoms with Crippen molar-refractivity contribution >= 4 is 58.2 Å². The van der Waals surface area contributed by atoms with Crippen molar-refractivity contribution in [2.45, 2.75) is 290 Å². The van der Waals surface area contributed by atoms with Gasteiger partial charge in [-0.05, 0) is 96.3 Å². The molecule has 0 rings (SSSR count). The standard InChI is InChI=1S/3C18H37O4P.2Al/c3*1-2-3-4-5-6-7-8-9-10-11-12-13-14-15-16-17-18-22-23(19,20)21;;/h3*9-10H,2-8,11-18H2,1H3,(H2,19,20,21);;/q;;;2*+3/p-6/b3*10-9-;;. The van der Waals surface area contributed by atoms with Crippen LogP contribution < -0.4 is 29.4 Å². The van der Waals surface area contributed by atoms with Gasteiger partial charge in [-0.3, -0.25) is 0 Å². The molecule has 0 spiro atoms. The van der Waals surface area contributed by atoms with E-state index in [0.29, 0.717) is 19.3 Å². The van der Waals surface area contributed by atoms with Gasteiger partial charge in [-0.25, -0.2) is 0 Å². The molecule has 12 nitrogen and oxygen atoms in total. The van der Waals surface area contributed by atoms with Gasteiger partial charge in [0.2, 0.25) is 0 Å². The summed E-state index contributed by atoms with van der Waals surface area (Å²) in [5, 5.41) is 0. The molecule has 0 saturated carbocycles. The van der Waals surface area contributed by atoms with Gasteiger partial charge < -0.3 is 56.6 Å². The topological polar surface area (TPSA) is 217 Å². The minimum atomic E-state index is -4.76. The van der Waals surface area contributed by atoms with Crippen molar-refractivity contribution in [2.24, 2.45) is 0 Å². The van der Waals surface area contributed by atoms with Crippen LogP contribution in [0.2, 0.25) is 0 Å². The van der Waals surface area contributed by atoms with Gasteiger partial charge in [-0.15, -0.1) is 0 Å². The zero-order valence-electron chi connectivity index (χ0n) is 45.7. The first kappa shape index (κ1) is 80.5. The Kier molecular flexibility index (Phi) is 73.6. The zero-order valence-corrected chi connectivity index (χ0v) is 50.7. The molecule has 0 N–H and O–H groups in total. The summed E-state index contributed by atoms with van der Waals surface area (Å²) in [6.45, 7) is 6.85. The van der Waals surface area contributed by atoms with E-state index in [1.807, 2.05) is 0 Å². The Balaban J connectivity index is -0.000000302. The predicted molar refractivity (Wildman–Crippen MR) is 291 cm³/mol. The predicted octanol–water partition coefficient (Wildman–Crippen LogP) is 13.8. The SMILES string of the molecule is CCCCCCCC/C=C\CCCCCCCCOP(=O)([O-])[O-].CCCCCCCC/C=C\CCCCCCCCOP(=O)([O-])[O-].CCCCCCCC/C=C\CCCCCCCCOP(=O)([O-])[O-].[Al+3].[Al+3]. The molecule has 0 aromatic heterocycles. The molecule has 0 aliphatic rings. The molecule has 0 atom stereocenters. The van der Waals surface area contributed by atoms with Crippen molar-refractivity contribution in [3.05, 3.63) is 36.5 Å². The van der Waals surface area contributed by atoms with E-state index in [1.165, 1.54) is 173 Å². The smallest absolute Gasteiger partial charge is 0.790 e. The molecule has 0 bridgehead atoms. The Morgan fingerprint density at radius 2 is 0.394 bits per heavy atom. The zero-order chi connectivity index (χ0) is 51.7. The third-order valence-electron chi connectivity index (χ3n) is 11.7. The van der Waals surface area contributed by atoms with Gasteiger partial charge in [-0.1, -0.05) is 231 Å². The summed E-state index contributed by atoms with van der Waals surface area (Å²) in [7, 11) is -14.3. The Morgan fingerprint density at radius 3 is 0.549 bits per heavy atom. The summed E-state index contributed by atoms with van der Waals surface area (Å²) >= 11 is 0. The minimum absolute atomic E-state index is 0. The molecule has 0 unspecified atom stereocenters. The Bertz CT molecular complexity index is 1100. The average molecular weight is 1090 g/mol. The summed E-state index contributed by atoms with van der Waals surface area (Å²) < 4.78 is 43.3. The molecular formula is C54H105Al2O12P3. The number of unbranched alkanes of at least 4 members (excludes halogenated alkanes) is 36. The Hall–Kier alpha value is 0.615. The summed E-state index contributed by atoms with van der Waals surface area (Å²) in [6.07, 6.45) is 64.2. The van der Waals surface area contributed by atoms with Crippen molar-refractivity contribution in [1.82, 2.24) is 0 Å². The van der Waals surface area contributed by atoms with Crippen LogP contribution in [0.1, 0.15) is 290 Å². The van der Waals surface area contributed by atoms with Crippen LogP contribution in [0.15, 0.2) is 36.5 Å². The number of phosphoric acid groups is 3. The fraction of sp³-hybridized carbons (Fsp3) is 0.889. The molecule has 0 aliphatic carbocycles. The second-order valence-electron chi connectivity index (χ2n) is 18.7. The molecule has 0 saturated heterocycles. The molecule has 0 amide bonds. The van der Waals surface area contributed by atoms with Crippen LogP contribution in [0.5, 0.6) is 0 Å². The fourth-order valence-corrected chi connectivity index (χ4v) is 8.64. The minimum Gasteiger partial charge on any atom is -0.790 e. The van der Waals surface area contributed by atoms with E-state index in [1.54, 1.807) is 0 Å². The molecule has 0 aromatic rings. The third-order valence-corrected chi connectivity index (χ3v) is 13.2. The number of allylic oxidation sites excluding steroid dienone is 6. The number of rotatable bonds is 51. The summed E-state index contributed by atoms with van der Waals surface area (Å²) in [5.74, 6) is 0. The van der Waals surface area contributed by atoms with E-state index in [4.69, 9.17) is 0 Å². The van der Waals surface area contributed by atoms with Gasteiger partial charge >= 0.3 is 34.7 Å². The monoisotopic (exact) mass is 1090 g/mol. The van der Waals surface area contributed by atoms with Crippen LogP contribution >= 0.6 is 23.5 Å². The summed E-state index contributed by atoms with van der Waals surface area (Å²) in [6, 6.07) is 0. The number of hydrogen-bond donors (Lipinski definition) is 0. The molecule has 414 valence electrons. The van der Waals surface area contributed by atoms with Crippen LogP contribution in [0.4, 0.5) is 0 Å². The van der Waals surface area contributed by atoms with Gasteiger partial charge in [0.1, 0.15) is 0 Å². The number of phosphoric ester groups is 3. The van der Waals surface area contributed by atoms with Gasteiger partial charge in [0.05, 0.1) is 43.3 Å². The van der Waals surface area contributed by atoms with Crippen molar-refractivity contribution in [3.8, 4) is 0 Å². The maximum Gasteiger partial charge on any atom is 3.00 e. The van der Waals surface area contributed by atoms with Crippen LogP contribution in [-0.2, 0) is 27.3 Å². The molecule has 17 heteroatoms. The quantitative estimate of drug-likeness (QED) is 0.0240. The van der Waals surface area contributed by atoms with E-state index in [2.05, 4.69) is 70.8 Å². The van der Waals surface area contributed by atoms with Crippen molar-refractivity contribution in [2.75, 3.05) is 19.8 Å². The fourth-order valence-electron chi connectivity index (χ4n) is 7.58. The number of hydrogen-bond acceptors (Lipinski definition) is 12. The molecule has 0 aromatic carbocycles. The van der Waals surface area contributed by atoms with Crippen molar-refractivity contribution in [3.63, 3.8) is 0 Å². The normalized spacial score (nSPS) is 12.0. The summed E-state index contributed by atoms with van der Waals surface area (Å²) in [4.78, 5) is 61.4. The van der Waals surface area contributed by atoms with Crippen LogP contribution in [0, 0.1) is 0 Å². The molecule has 0 aliphatic heterocycles. The van der Waals surface area contributed by atoms with E-state index < -0.39 is 23.5 Å². The van der Waals surface area contributed by atoms with E-state index >= 15 is 0 Å². The first-order chi connectivity index (χ1) is 33.2. The first-order valence-corrected chi connectivity index (χ1v) is 32.5.